The lowest BCUT2D eigenvalue weighted by Gasteiger charge is -2.28. The van der Waals surface area contributed by atoms with Crippen LogP contribution in [0.2, 0.25) is 0 Å². The van der Waals surface area contributed by atoms with Crippen molar-refractivity contribution in [3.8, 4) is 0 Å². The quantitative estimate of drug-likeness (QED) is 0.669. The fraction of sp³-hybridized carbons (Fsp3) is 0.308. The van der Waals surface area contributed by atoms with Crippen LogP contribution in [0.1, 0.15) is 17.8 Å². The highest BCUT2D eigenvalue weighted by atomic mass is 32.2. The lowest BCUT2D eigenvalue weighted by atomic mass is 10.1. The van der Waals surface area contributed by atoms with E-state index in [-0.39, 0.29) is 18.3 Å². The number of sulfonamides is 1. The van der Waals surface area contributed by atoms with Gasteiger partial charge in [0.05, 0.1) is 17.1 Å². The minimum atomic E-state index is -4.83. The van der Waals surface area contributed by atoms with Gasteiger partial charge < -0.3 is 0 Å². The molecule has 0 spiro atoms. The largest absolute Gasteiger partial charge is 0.280 e. The van der Waals surface area contributed by atoms with Crippen molar-refractivity contribution in [2.75, 3.05) is 10.8 Å². The van der Waals surface area contributed by atoms with Gasteiger partial charge in [-0.2, -0.15) is 5.10 Å². The maximum atomic E-state index is 13.9. The Kier molecular flexibility index (Phi) is 3.58. The van der Waals surface area contributed by atoms with E-state index >= 15 is 0 Å². The molecular weight excluding hydrogens is 338 g/mol. The third-order valence-corrected chi connectivity index (χ3v) is 5.45. The van der Waals surface area contributed by atoms with Gasteiger partial charge in [-0.1, -0.05) is 0 Å². The van der Waals surface area contributed by atoms with Crippen LogP contribution in [0.25, 0.3) is 0 Å². The van der Waals surface area contributed by atoms with Crippen molar-refractivity contribution in [3.63, 3.8) is 0 Å². The molecule has 2 heterocycles. The number of hydrogen-bond acceptors (Lipinski definition) is 3. The van der Waals surface area contributed by atoms with Gasteiger partial charge in [-0.15, -0.1) is 0 Å². The Hall–Kier alpha value is -2.10. The van der Waals surface area contributed by atoms with Gasteiger partial charge in [-0.25, -0.2) is 26.0 Å². The van der Waals surface area contributed by atoms with Gasteiger partial charge in [0.2, 0.25) is 0 Å². The minimum absolute atomic E-state index is 0.0333. The molecule has 1 aliphatic heterocycles. The summed E-state index contributed by atoms with van der Waals surface area (Å²) in [6.07, 6.45) is 0.839. The van der Waals surface area contributed by atoms with Gasteiger partial charge in [0.15, 0.2) is 28.2 Å². The van der Waals surface area contributed by atoms with E-state index in [0.717, 1.165) is 4.31 Å². The van der Waals surface area contributed by atoms with Crippen LogP contribution in [-0.2, 0) is 16.4 Å². The SMILES string of the molecule is Cc1[nH]nc2c1N(S(=O)(=O)c1c(F)c(F)cc(F)c1F)CCC2. The molecule has 0 unspecified atom stereocenters. The lowest BCUT2D eigenvalue weighted by Crippen LogP contribution is -2.37. The molecule has 1 aromatic carbocycles. The molecule has 0 atom stereocenters. The number of aromatic nitrogens is 2. The number of hydrogen-bond donors (Lipinski definition) is 1. The molecule has 0 aliphatic carbocycles. The molecule has 5 nitrogen and oxygen atoms in total. The minimum Gasteiger partial charge on any atom is -0.280 e. The van der Waals surface area contributed by atoms with E-state index in [1.807, 2.05) is 0 Å². The first-order chi connectivity index (χ1) is 10.7. The molecule has 1 aliphatic rings. The first-order valence-corrected chi connectivity index (χ1v) is 8.08. The van der Waals surface area contributed by atoms with Crippen molar-refractivity contribution in [1.29, 1.82) is 0 Å². The number of nitrogens with one attached hydrogen (secondary N) is 1. The zero-order chi connectivity index (χ0) is 16.9. The summed E-state index contributed by atoms with van der Waals surface area (Å²) in [6.45, 7) is 1.46. The molecule has 1 aromatic heterocycles. The summed E-state index contributed by atoms with van der Waals surface area (Å²) in [5, 5.41) is 6.52. The molecule has 0 radical (unpaired) electrons. The Morgan fingerprint density at radius 3 is 2.39 bits per heavy atom. The first-order valence-electron chi connectivity index (χ1n) is 6.64. The summed E-state index contributed by atoms with van der Waals surface area (Å²) in [4.78, 5) is -1.64. The second-order valence-corrected chi connectivity index (χ2v) is 6.92. The van der Waals surface area contributed by atoms with Crippen LogP contribution in [-0.4, -0.2) is 25.2 Å². The number of rotatable bonds is 2. The van der Waals surface area contributed by atoms with E-state index in [4.69, 9.17) is 0 Å². The summed E-state index contributed by atoms with van der Waals surface area (Å²) in [5.41, 5.74) is 0.940. The smallest absolute Gasteiger partial charge is 0.270 e. The third kappa shape index (κ3) is 2.28. The molecule has 0 saturated heterocycles. The Morgan fingerprint density at radius 1 is 1.17 bits per heavy atom. The summed E-state index contributed by atoms with van der Waals surface area (Å²) in [6, 6.07) is -0.0333. The van der Waals surface area contributed by atoms with Crippen LogP contribution in [0.3, 0.4) is 0 Å². The lowest BCUT2D eigenvalue weighted by molar-refractivity contribution is 0.418. The summed E-state index contributed by atoms with van der Waals surface area (Å²) < 4.78 is 80.4. The molecule has 2 aromatic rings. The predicted molar refractivity (Wildman–Crippen MR) is 72.5 cm³/mol. The number of fused-ring (bicyclic) bond motifs is 1. The summed E-state index contributed by atoms with van der Waals surface area (Å²) >= 11 is 0. The van der Waals surface area contributed by atoms with Gasteiger partial charge in [0, 0.05) is 12.6 Å². The standard InChI is InChI=1S/C13H11F4N3O2S/c1-6-12-9(19-18-6)3-2-4-20(12)23(21,22)13-10(16)7(14)5-8(15)11(13)17/h5H,2-4H2,1H3,(H,18,19). The highest BCUT2D eigenvalue weighted by molar-refractivity contribution is 7.92. The summed E-state index contributed by atoms with van der Waals surface area (Å²) in [5.74, 6) is -7.44. The highest BCUT2D eigenvalue weighted by Crippen LogP contribution is 2.35. The van der Waals surface area contributed by atoms with Crippen molar-refractivity contribution in [1.82, 2.24) is 10.2 Å². The van der Waals surface area contributed by atoms with E-state index in [1.54, 1.807) is 6.92 Å². The van der Waals surface area contributed by atoms with Gasteiger partial charge in [-0.05, 0) is 19.8 Å². The molecule has 0 bridgehead atoms. The van der Waals surface area contributed by atoms with E-state index in [1.165, 1.54) is 0 Å². The monoisotopic (exact) mass is 349 g/mol. The van der Waals surface area contributed by atoms with Crippen LogP contribution >= 0.6 is 0 Å². The average molecular weight is 349 g/mol. The fourth-order valence-corrected chi connectivity index (χ4v) is 4.33. The Bertz CT molecular complexity index is 869. The maximum Gasteiger partial charge on any atom is 0.270 e. The van der Waals surface area contributed by atoms with Gasteiger partial charge in [-0.3, -0.25) is 9.40 Å². The predicted octanol–water partition coefficient (Wildman–Crippen LogP) is 2.42. The highest BCUT2D eigenvalue weighted by Gasteiger charge is 2.38. The number of halogens is 4. The fourth-order valence-electron chi connectivity index (χ4n) is 2.61. The average Bonchev–Trinajstić information content (AvgIpc) is 2.87. The molecule has 124 valence electrons. The molecule has 23 heavy (non-hydrogen) atoms. The van der Waals surface area contributed by atoms with Gasteiger partial charge in [0.25, 0.3) is 10.0 Å². The number of aryl methyl sites for hydroxylation is 2. The maximum absolute atomic E-state index is 13.9. The van der Waals surface area contributed by atoms with Crippen LogP contribution < -0.4 is 4.31 Å². The molecule has 0 saturated carbocycles. The van der Waals surface area contributed by atoms with Crippen molar-refractivity contribution in [3.05, 3.63) is 40.7 Å². The number of benzene rings is 1. The first kappa shape index (κ1) is 15.8. The second kappa shape index (κ2) is 5.22. The number of aromatic amines is 1. The molecule has 0 fully saturated rings. The van der Waals surface area contributed by atoms with Crippen molar-refractivity contribution in [2.24, 2.45) is 0 Å². The van der Waals surface area contributed by atoms with E-state index in [0.29, 0.717) is 24.2 Å². The van der Waals surface area contributed by atoms with Crippen molar-refractivity contribution in [2.45, 2.75) is 24.7 Å². The molecular formula is C13H11F4N3O2S. The van der Waals surface area contributed by atoms with E-state index in [2.05, 4.69) is 10.2 Å². The third-order valence-electron chi connectivity index (χ3n) is 3.63. The Balaban J connectivity index is 2.24. The molecule has 1 N–H and O–H groups in total. The molecule has 10 heteroatoms. The second-order valence-electron chi connectivity index (χ2n) is 5.12. The number of H-pyrrole nitrogens is 1. The van der Waals surface area contributed by atoms with E-state index < -0.39 is 38.2 Å². The number of anilines is 1. The van der Waals surface area contributed by atoms with Crippen LogP contribution in [0.5, 0.6) is 0 Å². The normalized spacial score (nSPS) is 14.9. The zero-order valence-corrected chi connectivity index (χ0v) is 12.6. The Labute approximate surface area is 129 Å². The van der Waals surface area contributed by atoms with Crippen LogP contribution in [0.15, 0.2) is 11.0 Å². The van der Waals surface area contributed by atoms with Gasteiger partial charge >= 0.3 is 0 Å². The summed E-state index contributed by atoms with van der Waals surface area (Å²) in [7, 11) is -4.83. The molecule has 3 rings (SSSR count). The van der Waals surface area contributed by atoms with Crippen molar-refractivity contribution < 1.29 is 26.0 Å². The van der Waals surface area contributed by atoms with E-state index in [9.17, 15) is 26.0 Å². The van der Waals surface area contributed by atoms with Crippen LogP contribution in [0.4, 0.5) is 23.2 Å². The van der Waals surface area contributed by atoms with Crippen molar-refractivity contribution >= 4 is 15.7 Å². The number of nitrogens with zero attached hydrogens (tertiary/aromatic N) is 2. The Morgan fingerprint density at radius 2 is 1.78 bits per heavy atom. The van der Waals surface area contributed by atoms with Crippen LogP contribution in [0, 0.1) is 30.2 Å². The van der Waals surface area contributed by atoms with Gasteiger partial charge in [0.1, 0.15) is 0 Å². The topological polar surface area (TPSA) is 66.1 Å². The molecule has 0 amide bonds. The zero-order valence-electron chi connectivity index (χ0n) is 11.8.